The SMILES string of the molecule is CCOC(=O)/C=C(/c1ccccc1)n1cccn1. The third-order valence-corrected chi connectivity index (χ3v) is 2.36. The quantitative estimate of drug-likeness (QED) is 0.610. The second-order valence-corrected chi connectivity index (χ2v) is 3.60. The Morgan fingerprint density at radius 3 is 2.72 bits per heavy atom. The molecule has 0 saturated heterocycles. The van der Waals surface area contributed by atoms with E-state index < -0.39 is 0 Å². The topological polar surface area (TPSA) is 44.1 Å². The molecule has 0 N–H and O–H groups in total. The first-order valence-electron chi connectivity index (χ1n) is 5.75. The Morgan fingerprint density at radius 2 is 2.11 bits per heavy atom. The largest absolute Gasteiger partial charge is 0.463 e. The van der Waals surface area contributed by atoms with Crippen LogP contribution in [0, 0.1) is 0 Å². The molecule has 0 aliphatic rings. The number of carbonyl (C=O) groups is 1. The second-order valence-electron chi connectivity index (χ2n) is 3.60. The number of rotatable bonds is 4. The van der Waals surface area contributed by atoms with Gasteiger partial charge in [0.05, 0.1) is 12.3 Å². The minimum absolute atomic E-state index is 0.358. The summed E-state index contributed by atoms with van der Waals surface area (Å²) in [6.07, 6.45) is 4.91. The zero-order valence-corrected chi connectivity index (χ0v) is 10.1. The Bertz CT molecular complexity index is 530. The second kappa shape index (κ2) is 5.82. The van der Waals surface area contributed by atoms with E-state index in [-0.39, 0.29) is 5.97 Å². The van der Waals surface area contributed by atoms with Gasteiger partial charge in [-0.05, 0) is 13.0 Å². The lowest BCUT2D eigenvalue weighted by Crippen LogP contribution is -2.06. The molecule has 0 atom stereocenters. The molecular weight excluding hydrogens is 228 g/mol. The number of esters is 1. The molecule has 0 fully saturated rings. The summed E-state index contributed by atoms with van der Waals surface area (Å²) in [5.41, 5.74) is 1.60. The Balaban J connectivity index is 2.39. The lowest BCUT2D eigenvalue weighted by molar-refractivity contribution is -0.137. The van der Waals surface area contributed by atoms with Crippen molar-refractivity contribution in [2.24, 2.45) is 0 Å². The van der Waals surface area contributed by atoms with Crippen molar-refractivity contribution in [3.63, 3.8) is 0 Å². The highest BCUT2D eigenvalue weighted by molar-refractivity contribution is 5.91. The molecule has 2 rings (SSSR count). The zero-order chi connectivity index (χ0) is 12.8. The van der Waals surface area contributed by atoms with Crippen molar-refractivity contribution in [2.75, 3.05) is 6.61 Å². The van der Waals surface area contributed by atoms with Gasteiger partial charge in [0, 0.05) is 24.0 Å². The van der Waals surface area contributed by atoms with E-state index >= 15 is 0 Å². The zero-order valence-electron chi connectivity index (χ0n) is 10.1. The van der Waals surface area contributed by atoms with Gasteiger partial charge in [-0.3, -0.25) is 0 Å². The normalized spacial score (nSPS) is 11.3. The molecule has 0 radical (unpaired) electrons. The Hall–Kier alpha value is -2.36. The first-order valence-corrected chi connectivity index (χ1v) is 5.75. The highest BCUT2D eigenvalue weighted by atomic mass is 16.5. The number of hydrogen-bond donors (Lipinski definition) is 0. The van der Waals surface area contributed by atoms with Gasteiger partial charge in [-0.25, -0.2) is 9.48 Å². The van der Waals surface area contributed by atoms with Crippen LogP contribution in [0.3, 0.4) is 0 Å². The average Bonchev–Trinajstić information content (AvgIpc) is 2.91. The van der Waals surface area contributed by atoms with Gasteiger partial charge < -0.3 is 4.74 Å². The van der Waals surface area contributed by atoms with Gasteiger partial charge in [0.2, 0.25) is 0 Å². The summed E-state index contributed by atoms with van der Waals surface area (Å²) in [4.78, 5) is 11.6. The molecule has 0 spiro atoms. The van der Waals surface area contributed by atoms with Gasteiger partial charge in [-0.1, -0.05) is 30.3 Å². The molecule has 92 valence electrons. The monoisotopic (exact) mass is 242 g/mol. The predicted octanol–water partition coefficient (Wildman–Crippen LogP) is 2.34. The maximum atomic E-state index is 11.6. The smallest absolute Gasteiger partial charge is 0.332 e. The summed E-state index contributed by atoms with van der Waals surface area (Å²) < 4.78 is 6.58. The highest BCUT2D eigenvalue weighted by Crippen LogP contribution is 2.15. The molecule has 0 aliphatic heterocycles. The summed E-state index contributed by atoms with van der Waals surface area (Å²) in [6.45, 7) is 2.14. The van der Waals surface area contributed by atoms with Crippen molar-refractivity contribution >= 4 is 11.7 Å². The molecule has 0 bridgehead atoms. The molecule has 0 unspecified atom stereocenters. The van der Waals surface area contributed by atoms with Crippen LogP contribution in [-0.2, 0) is 9.53 Å². The van der Waals surface area contributed by atoms with Crippen molar-refractivity contribution in [3.8, 4) is 0 Å². The maximum absolute atomic E-state index is 11.6. The fourth-order valence-corrected chi connectivity index (χ4v) is 1.60. The molecule has 18 heavy (non-hydrogen) atoms. The van der Waals surface area contributed by atoms with Crippen LogP contribution >= 0.6 is 0 Å². The van der Waals surface area contributed by atoms with E-state index in [9.17, 15) is 4.79 Å². The maximum Gasteiger partial charge on any atom is 0.332 e. The van der Waals surface area contributed by atoms with Crippen LogP contribution in [0.1, 0.15) is 12.5 Å². The van der Waals surface area contributed by atoms with Crippen molar-refractivity contribution in [1.82, 2.24) is 9.78 Å². The van der Waals surface area contributed by atoms with Crippen LogP contribution in [0.5, 0.6) is 0 Å². The van der Waals surface area contributed by atoms with E-state index in [2.05, 4.69) is 5.10 Å². The summed E-state index contributed by atoms with van der Waals surface area (Å²) in [5.74, 6) is -0.369. The molecule has 4 heteroatoms. The number of ether oxygens (including phenoxy) is 1. The lowest BCUT2D eigenvalue weighted by atomic mass is 10.1. The van der Waals surface area contributed by atoms with E-state index in [0.717, 1.165) is 5.56 Å². The van der Waals surface area contributed by atoms with E-state index in [1.807, 2.05) is 36.4 Å². The summed E-state index contributed by atoms with van der Waals surface area (Å²) in [5, 5.41) is 4.15. The fraction of sp³-hybridized carbons (Fsp3) is 0.143. The third-order valence-electron chi connectivity index (χ3n) is 2.36. The molecule has 0 aliphatic carbocycles. The molecular formula is C14H14N2O2. The van der Waals surface area contributed by atoms with Gasteiger partial charge in [-0.15, -0.1) is 0 Å². The lowest BCUT2D eigenvalue weighted by Gasteiger charge is -2.07. The molecule has 4 nitrogen and oxygen atoms in total. The minimum Gasteiger partial charge on any atom is -0.463 e. The predicted molar refractivity (Wildman–Crippen MR) is 68.7 cm³/mol. The van der Waals surface area contributed by atoms with Crippen LogP contribution < -0.4 is 0 Å². The van der Waals surface area contributed by atoms with Crippen LogP contribution in [0.15, 0.2) is 54.9 Å². The minimum atomic E-state index is -0.369. The molecule has 1 aromatic heterocycles. The number of hydrogen-bond acceptors (Lipinski definition) is 3. The van der Waals surface area contributed by atoms with Crippen molar-refractivity contribution in [1.29, 1.82) is 0 Å². The molecule has 1 heterocycles. The van der Waals surface area contributed by atoms with E-state index in [4.69, 9.17) is 4.74 Å². The number of aromatic nitrogens is 2. The van der Waals surface area contributed by atoms with E-state index in [0.29, 0.717) is 12.3 Å². The Kier molecular flexibility index (Phi) is 3.91. The third kappa shape index (κ3) is 2.85. The highest BCUT2D eigenvalue weighted by Gasteiger charge is 2.07. The van der Waals surface area contributed by atoms with Crippen LogP contribution in [0.2, 0.25) is 0 Å². The van der Waals surface area contributed by atoms with Crippen molar-refractivity contribution < 1.29 is 9.53 Å². The summed E-state index contributed by atoms with van der Waals surface area (Å²) >= 11 is 0. The van der Waals surface area contributed by atoms with E-state index in [1.54, 1.807) is 24.0 Å². The summed E-state index contributed by atoms with van der Waals surface area (Å²) in [6, 6.07) is 11.4. The average molecular weight is 242 g/mol. The molecule has 2 aromatic rings. The van der Waals surface area contributed by atoms with Gasteiger partial charge in [0.1, 0.15) is 0 Å². The first-order chi connectivity index (χ1) is 8.81. The Morgan fingerprint density at radius 1 is 1.33 bits per heavy atom. The van der Waals surface area contributed by atoms with Crippen LogP contribution in [0.4, 0.5) is 0 Å². The molecule has 1 aromatic carbocycles. The van der Waals surface area contributed by atoms with Crippen LogP contribution in [-0.4, -0.2) is 22.4 Å². The van der Waals surface area contributed by atoms with E-state index in [1.165, 1.54) is 6.08 Å². The number of benzene rings is 1. The van der Waals surface area contributed by atoms with Crippen molar-refractivity contribution in [2.45, 2.75) is 6.92 Å². The standard InChI is InChI=1S/C14H14N2O2/c1-2-18-14(17)11-13(16-10-6-9-15-16)12-7-4-3-5-8-12/h3-11H,2H2,1H3/b13-11-. The molecule has 0 amide bonds. The number of nitrogens with zero attached hydrogens (tertiary/aromatic N) is 2. The molecule has 0 saturated carbocycles. The summed E-state index contributed by atoms with van der Waals surface area (Å²) in [7, 11) is 0. The van der Waals surface area contributed by atoms with Crippen molar-refractivity contribution in [3.05, 3.63) is 60.4 Å². The van der Waals surface area contributed by atoms with Gasteiger partial charge >= 0.3 is 5.97 Å². The Labute approximate surface area is 106 Å². The van der Waals surface area contributed by atoms with Crippen LogP contribution in [0.25, 0.3) is 5.70 Å². The van der Waals surface area contributed by atoms with Gasteiger partial charge in [0.15, 0.2) is 0 Å². The van der Waals surface area contributed by atoms with Gasteiger partial charge in [0.25, 0.3) is 0 Å². The fourth-order valence-electron chi connectivity index (χ4n) is 1.60. The number of carbonyl (C=O) groups excluding carboxylic acids is 1. The van der Waals surface area contributed by atoms with Gasteiger partial charge in [-0.2, -0.15) is 5.10 Å². The first kappa shape index (κ1) is 12.1.